The zero-order chi connectivity index (χ0) is 18.4. The van der Waals surface area contributed by atoms with Crippen LogP contribution in [-0.2, 0) is 0 Å². The van der Waals surface area contributed by atoms with E-state index in [1.807, 2.05) is 61.6 Å². The number of nitrogens with one attached hydrogen (secondary N) is 1. The zero-order valence-corrected chi connectivity index (χ0v) is 15.7. The number of carbonyl (C=O) groups is 1. The van der Waals surface area contributed by atoms with Crippen molar-refractivity contribution in [1.29, 1.82) is 0 Å². The van der Waals surface area contributed by atoms with Gasteiger partial charge >= 0.3 is 6.03 Å². The van der Waals surface area contributed by atoms with Gasteiger partial charge in [-0.2, -0.15) is 0 Å². The molecule has 0 saturated heterocycles. The summed E-state index contributed by atoms with van der Waals surface area (Å²) in [6, 6.07) is 17.5. The van der Waals surface area contributed by atoms with Crippen LogP contribution in [0, 0.1) is 5.41 Å². The summed E-state index contributed by atoms with van der Waals surface area (Å²) in [4.78, 5) is 14.4. The Morgan fingerprint density at radius 1 is 1.04 bits per heavy atom. The van der Waals surface area contributed by atoms with Gasteiger partial charge in [-0.15, -0.1) is 0 Å². The predicted octanol–water partition coefficient (Wildman–Crippen LogP) is 4.47. The monoisotopic (exact) mass is 340 g/mol. The minimum absolute atomic E-state index is 0.0500. The average Bonchev–Trinajstić information content (AvgIpc) is 2.59. The van der Waals surface area contributed by atoms with E-state index in [1.165, 1.54) is 0 Å². The maximum absolute atomic E-state index is 12.7. The molecular formula is C21H28N2O2. The molecule has 0 spiro atoms. The van der Waals surface area contributed by atoms with Crippen LogP contribution in [0.1, 0.15) is 37.9 Å². The fourth-order valence-electron chi connectivity index (χ4n) is 2.82. The highest BCUT2D eigenvalue weighted by Crippen LogP contribution is 2.24. The van der Waals surface area contributed by atoms with Gasteiger partial charge in [0.15, 0.2) is 0 Å². The zero-order valence-electron chi connectivity index (χ0n) is 15.7. The molecule has 2 aromatic rings. The Morgan fingerprint density at radius 3 is 2.12 bits per heavy atom. The minimum Gasteiger partial charge on any atom is -0.497 e. The van der Waals surface area contributed by atoms with Gasteiger partial charge in [-0.05, 0) is 28.7 Å². The maximum atomic E-state index is 12.7. The molecule has 4 heteroatoms. The molecule has 2 amide bonds. The van der Waals surface area contributed by atoms with E-state index in [-0.39, 0.29) is 17.5 Å². The van der Waals surface area contributed by atoms with Gasteiger partial charge in [-0.1, -0.05) is 63.2 Å². The molecule has 0 heterocycles. The van der Waals surface area contributed by atoms with Crippen molar-refractivity contribution >= 4 is 6.03 Å². The van der Waals surface area contributed by atoms with Gasteiger partial charge in [0.2, 0.25) is 0 Å². The highest BCUT2D eigenvalue weighted by atomic mass is 16.5. The van der Waals surface area contributed by atoms with Crippen LogP contribution >= 0.6 is 0 Å². The van der Waals surface area contributed by atoms with E-state index in [1.54, 1.807) is 12.0 Å². The first-order valence-electron chi connectivity index (χ1n) is 8.51. The van der Waals surface area contributed by atoms with Crippen molar-refractivity contribution in [3.8, 4) is 5.75 Å². The lowest BCUT2D eigenvalue weighted by molar-refractivity contribution is 0.186. The maximum Gasteiger partial charge on any atom is 0.317 e. The van der Waals surface area contributed by atoms with Crippen LogP contribution in [0.2, 0.25) is 0 Å². The smallest absolute Gasteiger partial charge is 0.317 e. The number of rotatable bonds is 5. The molecule has 1 unspecified atom stereocenters. The molecular weight excluding hydrogens is 312 g/mol. The van der Waals surface area contributed by atoms with E-state index in [0.717, 1.165) is 16.9 Å². The number of carbonyl (C=O) groups excluding carboxylic acids is 1. The normalized spacial score (nSPS) is 12.4. The first kappa shape index (κ1) is 18.8. The number of hydrogen-bond acceptors (Lipinski definition) is 2. The Hall–Kier alpha value is -2.49. The second-order valence-electron chi connectivity index (χ2n) is 7.48. The summed E-state index contributed by atoms with van der Waals surface area (Å²) in [5.74, 6) is 0.798. The summed E-state index contributed by atoms with van der Waals surface area (Å²) in [7, 11) is 3.48. The quantitative estimate of drug-likeness (QED) is 0.872. The molecule has 0 aliphatic carbocycles. The molecule has 1 atom stereocenters. The summed E-state index contributed by atoms with van der Waals surface area (Å²) in [5.41, 5.74) is 2.11. The number of nitrogens with zero attached hydrogens (tertiary/aromatic N) is 1. The van der Waals surface area contributed by atoms with Gasteiger partial charge in [0.25, 0.3) is 0 Å². The van der Waals surface area contributed by atoms with Crippen molar-refractivity contribution in [2.45, 2.75) is 26.8 Å². The SMILES string of the molecule is COc1ccc(C(NC(=O)N(C)CC(C)(C)C)c2ccccc2)cc1. The van der Waals surface area contributed by atoms with Crippen LogP contribution < -0.4 is 10.1 Å². The number of ether oxygens (including phenoxy) is 1. The lowest BCUT2D eigenvalue weighted by Gasteiger charge is -2.29. The number of methoxy groups -OCH3 is 1. The Kier molecular flexibility index (Phi) is 6.07. The van der Waals surface area contributed by atoms with Crippen molar-refractivity contribution in [3.63, 3.8) is 0 Å². The molecule has 0 saturated carbocycles. The molecule has 0 aliphatic rings. The standard InChI is InChI=1S/C21H28N2O2/c1-21(2,3)15-23(4)20(24)22-19(16-9-7-6-8-10-16)17-11-13-18(25-5)14-12-17/h6-14,19H,15H2,1-5H3,(H,22,24). The molecule has 2 aromatic carbocycles. The van der Waals surface area contributed by atoms with E-state index < -0.39 is 0 Å². The van der Waals surface area contributed by atoms with Gasteiger partial charge in [-0.3, -0.25) is 0 Å². The van der Waals surface area contributed by atoms with Crippen molar-refractivity contribution in [3.05, 3.63) is 65.7 Å². The van der Waals surface area contributed by atoms with Crippen molar-refractivity contribution in [2.75, 3.05) is 20.7 Å². The molecule has 0 radical (unpaired) electrons. The molecule has 1 N–H and O–H groups in total. The summed E-state index contributed by atoms with van der Waals surface area (Å²) in [6.45, 7) is 7.04. The van der Waals surface area contributed by atoms with E-state index >= 15 is 0 Å². The lowest BCUT2D eigenvalue weighted by Crippen LogP contribution is -2.43. The van der Waals surface area contributed by atoms with Gasteiger partial charge in [0.05, 0.1) is 13.2 Å². The fraction of sp³-hybridized carbons (Fsp3) is 0.381. The Bertz CT molecular complexity index is 675. The van der Waals surface area contributed by atoms with Crippen molar-refractivity contribution < 1.29 is 9.53 Å². The van der Waals surface area contributed by atoms with Gasteiger partial charge in [0, 0.05) is 13.6 Å². The van der Waals surface area contributed by atoms with Crippen molar-refractivity contribution in [1.82, 2.24) is 10.2 Å². The number of urea groups is 1. The van der Waals surface area contributed by atoms with Crippen LogP contribution in [0.3, 0.4) is 0 Å². The van der Waals surface area contributed by atoms with E-state index in [9.17, 15) is 4.79 Å². The fourth-order valence-corrected chi connectivity index (χ4v) is 2.82. The lowest BCUT2D eigenvalue weighted by atomic mass is 9.96. The molecule has 0 aromatic heterocycles. The van der Waals surface area contributed by atoms with Crippen LogP contribution in [-0.4, -0.2) is 31.6 Å². The Morgan fingerprint density at radius 2 is 1.60 bits per heavy atom. The summed E-state index contributed by atoms with van der Waals surface area (Å²) in [5, 5.41) is 3.16. The molecule has 134 valence electrons. The molecule has 4 nitrogen and oxygen atoms in total. The minimum atomic E-state index is -0.206. The third kappa shape index (κ3) is 5.52. The Balaban J connectivity index is 2.24. The number of hydrogen-bond donors (Lipinski definition) is 1. The molecule has 2 rings (SSSR count). The van der Waals surface area contributed by atoms with Gasteiger partial charge < -0.3 is 15.0 Å². The summed E-state index contributed by atoms with van der Waals surface area (Å²) < 4.78 is 5.23. The van der Waals surface area contributed by atoms with Crippen LogP contribution in [0.15, 0.2) is 54.6 Å². The number of benzene rings is 2. The topological polar surface area (TPSA) is 41.6 Å². The second kappa shape index (κ2) is 8.06. The Labute approximate surface area is 150 Å². The molecule has 0 bridgehead atoms. The number of amides is 2. The highest BCUT2D eigenvalue weighted by Gasteiger charge is 2.22. The predicted molar refractivity (Wildman–Crippen MR) is 102 cm³/mol. The summed E-state index contributed by atoms with van der Waals surface area (Å²) >= 11 is 0. The van der Waals surface area contributed by atoms with E-state index in [0.29, 0.717) is 6.54 Å². The first-order chi connectivity index (χ1) is 11.8. The third-order valence-electron chi connectivity index (χ3n) is 3.91. The summed E-state index contributed by atoms with van der Waals surface area (Å²) in [6.07, 6.45) is 0. The first-order valence-corrected chi connectivity index (χ1v) is 8.51. The highest BCUT2D eigenvalue weighted by molar-refractivity contribution is 5.75. The van der Waals surface area contributed by atoms with E-state index in [2.05, 4.69) is 26.1 Å². The molecule has 0 aliphatic heterocycles. The molecule has 25 heavy (non-hydrogen) atoms. The average molecular weight is 340 g/mol. The van der Waals surface area contributed by atoms with Crippen LogP contribution in [0.5, 0.6) is 5.75 Å². The largest absolute Gasteiger partial charge is 0.497 e. The van der Waals surface area contributed by atoms with Crippen LogP contribution in [0.4, 0.5) is 4.79 Å². The third-order valence-corrected chi connectivity index (χ3v) is 3.91. The van der Waals surface area contributed by atoms with Crippen LogP contribution in [0.25, 0.3) is 0 Å². The van der Waals surface area contributed by atoms with Gasteiger partial charge in [0.1, 0.15) is 5.75 Å². The van der Waals surface area contributed by atoms with E-state index in [4.69, 9.17) is 4.74 Å². The van der Waals surface area contributed by atoms with Crippen molar-refractivity contribution in [2.24, 2.45) is 5.41 Å². The van der Waals surface area contributed by atoms with Gasteiger partial charge in [-0.25, -0.2) is 4.79 Å². The second-order valence-corrected chi connectivity index (χ2v) is 7.48. The molecule has 0 fully saturated rings.